The first-order valence-corrected chi connectivity index (χ1v) is 10.9. The molecule has 0 unspecified atom stereocenters. The summed E-state index contributed by atoms with van der Waals surface area (Å²) in [5.41, 5.74) is 2.03. The van der Waals surface area contributed by atoms with Gasteiger partial charge in [0.25, 0.3) is 0 Å². The van der Waals surface area contributed by atoms with E-state index >= 15 is 0 Å². The van der Waals surface area contributed by atoms with Crippen molar-refractivity contribution in [1.29, 1.82) is 0 Å². The van der Waals surface area contributed by atoms with Crippen molar-refractivity contribution >= 4 is 40.0 Å². The summed E-state index contributed by atoms with van der Waals surface area (Å²) >= 11 is 2.88. The first kappa shape index (κ1) is 19.0. The van der Waals surface area contributed by atoms with Crippen LogP contribution in [0.5, 0.6) is 0 Å². The Kier molecular flexibility index (Phi) is 5.68. The summed E-state index contributed by atoms with van der Waals surface area (Å²) in [5, 5.41) is 4.77. The first-order chi connectivity index (χ1) is 13.6. The predicted octanol–water partition coefficient (Wildman–Crippen LogP) is 4.62. The number of hydrogen-bond acceptors (Lipinski definition) is 8. The second-order valence-electron chi connectivity index (χ2n) is 6.83. The number of ketones is 1. The molecule has 0 saturated heterocycles. The van der Waals surface area contributed by atoms with E-state index in [9.17, 15) is 4.79 Å². The number of nitrogens with zero attached hydrogens (tertiary/aromatic N) is 4. The first-order valence-electron chi connectivity index (χ1n) is 9.34. The van der Waals surface area contributed by atoms with E-state index in [1.54, 1.807) is 0 Å². The van der Waals surface area contributed by atoms with Crippen LogP contribution in [0.25, 0.3) is 0 Å². The van der Waals surface area contributed by atoms with Gasteiger partial charge in [-0.3, -0.25) is 4.79 Å². The number of Topliss-reactive ketones (excluding diaryl/α,β-unsaturated/α-hetero) is 1. The highest BCUT2D eigenvalue weighted by molar-refractivity contribution is 7.99. The third kappa shape index (κ3) is 4.94. The number of hydrogen-bond donors (Lipinski definition) is 1. The van der Waals surface area contributed by atoms with Crippen molar-refractivity contribution in [3.63, 3.8) is 0 Å². The molecule has 1 fully saturated rings. The summed E-state index contributed by atoms with van der Waals surface area (Å²) in [6.07, 6.45) is 3.38. The molecule has 144 valence electrons. The Morgan fingerprint density at radius 1 is 1.21 bits per heavy atom. The fourth-order valence-electron chi connectivity index (χ4n) is 2.72. The zero-order valence-electron chi connectivity index (χ0n) is 15.8. The number of carbonyl (C=O) groups is 1. The van der Waals surface area contributed by atoms with Crippen LogP contribution < -0.4 is 5.32 Å². The molecule has 0 amide bonds. The fraction of sp³-hybridized carbons (Fsp3) is 0.350. The molecule has 2 heterocycles. The number of aromatic nitrogens is 4. The Hall–Kier alpha value is -2.32. The molecule has 6 nitrogen and oxygen atoms in total. The maximum absolute atomic E-state index is 12.0. The van der Waals surface area contributed by atoms with Gasteiger partial charge in [0.1, 0.15) is 16.6 Å². The molecule has 0 bridgehead atoms. The quantitative estimate of drug-likeness (QED) is 0.579. The van der Waals surface area contributed by atoms with Crippen molar-refractivity contribution in [3.05, 3.63) is 47.4 Å². The van der Waals surface area contributed by atoms with Gasteiger partial charge in [-0.15, -0.1) is 0 Å². The number of rotatable bonds is 8. The third-order valence-corrected chi connectivity index (χ3v) is 6.05. The largest absolute Gasteiger partial charge is 0.314 e. The molecule has 4 rings (SSSR count). The number of aryl methyl sites for hydroxylation is 2. The minimum Gasteiger partial charge on any atom is -0.314 e. The van der Waals surface area contributed by atoms with Gasteiger partial charge in [-0.1, -0.05) is 19.1 Å². The average Bonchev–Trinajstić information content (AvgIpc) is 3.46. The topological polar surface area (TPSA) is 80.7 Å². The number of anilines is 2. The molecule has 2 aromatic heterocycles. The van der Waals surface area contributed by atoms with Gasteiger partial charge in [0, 0.05) is 23.7 Å². The highest BCUT2D eigenvalue weighted by atomic mass is 32.2. The lowest BCUT2D eigenvalue weighted by Gasteiger charge is -2.07. The van der Waals surface area contributed by atoms with Crippen LogP contribution in [0.2, 0.25) is 0 Å². The summed E-state index contributed by atoms with van der Waals surface area (Å²) < 4.78 is 4.27. The van der Waals surface area contributed by atoms with E-state index in [0.29, 0.717) is 29.2 Å². The van der Waals surface area contributed by atoms with Gasteiger partial charge in [0.2, 0.25) is 5.95 Å². The smallest absolute Gasteiger partial charge is 0.232 e. The molecular formula is C20H21N5OS2. The molecule has 1 N–H and O–H groups in total. The van der Waals surface area contributed by atoms with Crippen molar-refractivity contribution in [2.45, 2.75) is 49.6 Å². The molecule has 0 aliphatic heterocycles. The van der Waals surface area contributed by atoms with Crippen LogP contribution in [-0.2, 0) is 17.6 Å². The summed E-state index contributed by atoms with van der Waals surface area (Å²) in [6, 6.07) is 10.0. The summed E-state index contributed by atoms with van der Waals surface area (Å²) in [6.45, 7) is 3.98. The Morgan fingerprint density at radius 2 is 2.00 bits per heavy atom. The van der Waals surface area contributed by atoms with Crippen molar-refractivity contribution < 1.29 is 4.79 Å². The van der Waals surface area contributed by atoms with E-state index in [-0.39, 0.29) is 0 Å². The molecule has 1 aromatic carbocycles. The number of nitrogens with one attached hydrogen (secondary N) is 1. The molecular weight excluding hydrogens is 390 g/mol. The van der Waals surface area contributed by atoms with Crippen LogP contribution in [0.3, 0.4) is 0 Å². The molecule has 1 aliphatic rings. The molecule has 0 atom stereocenters. The van der Waals surface area contributed by atoms with E-state index in [1.165, 1.54) is 23.3 Å². The highest BCUT2D eigenvalue weighted by Gasteiger charge is 2.28. The maximum Gasteiger partial charge on any atom is 0.232 e. The van der Waals surface area contributed by atoms with Crippen molar-refractivity contribution in [2.24, 2.45) is 5.92 Å². The van der Waals surface area contributed by atoms with E-state index in [0.717, 1.165) is 46.2 Å². The average molecular weight is 412 g/mol. The van der Waals surface area contributed by atoms with Crippen LogP contribution in [0.1, 0.15) is 36.8 Å². The van der Waals surface area contributed by atoms with E-state index < -0.39 is 0 Å². The monoisotopic (exact) mass is 411 g/mol. The molecule has 0 radical (unpaired) electrons. The van der Waals surface area contributed by atoms with Gasteiger partial charge in [0.15, 0.2) is 5.16 Å². The lowest BCUT2D eigenvalue weighted by Crippen LogP contribution is -2.04. The Balaban J connectivity index is 1.47. The number of carbonyl (C=O) groups excluding carboxylic acids is 1. The van der Waals surface area contributed by atoms with Gasteiger partial charge in [-0.2, -0.15) is 14.3 Å². The van der Waals surface area contributed by atoms with E-state index in [1.807, 2.05) is 44.2 Å². The van der Waals surface area contributed by atoms with Crippen molar-refractivity contribution in [2.75, 3.05) is 5.32 Å². The molecule has 1 aliphatic carbocycles. The van der Waals surface area contributed by atoms with Crippen LogP contribution >= 0.6 is 23.3 Å². The van der Waals surface area contributed by atoms with Crippen molar-refractivity contribution in [1.82, 2.24) is 19.3 Å². The lowest BCUT2D eigenvalue weighted by molar-refractivity contribution is -0.119. The second-order valence-corrected chi connectivity index (χ2v) is 8.68. The minimum absolute atomic E-state index is 0.306. The summed E-state index contributed by atoms with van der Waals surface area (Å²) in [4.78, 5) is 26.5. The zero-order valence-corrected chi connectivity index (χ0v) is 17.4. The standard InChI is InChI=1S/C20H21N5OS2/c1-3-17-21-19(23-18-10-12(2)25-28-18)24-20(22-17)27-15-8-4-13(5-9-15)11-16(26)14-6-7-14/h4-5,8-10,14H,3,6-7,11H2,1-2H3,(H,21,22,23,24). The van der Waals surface area contributed by atoms with E-state index in [4.69, 9.17) is 0 Å². The van der Waals surface area contributed by atoms with Crippen LogP contribution in [0.15, 0.2) is 40.4 Å². The predicted molar refractivity (Wildman–Crippen MR) is 111 cm³/mol. The second kappa shape index (κ2) is 8.36. The Labute approximate surface area is 172 Å². The van der Waals surface area contributed by atoms with Gasteiger partial charge >= 0.3 is 0 Å². The van der Waals surface area contributed by atoms with E-state index in [2.05, 4.69) is 24.6 Å². The number of benzene rings is 1. The fourth-order valence-corrected chi connectivity index (χ4v) is 4.14. The molecule has 8 heteroatoms. The van der Waals surface area contributed by atoms with Gasteiger partial charge < -0.3 is 5.32 Å². The Bertz CT molecular complexity index is 983. The molecule has 0 spiro atoms. The zero-order chi connectivity index (χ0) is 19.5. The lowest BCUT2D eigenvalue weighted by atomic mass is 10.1. The van der Waals surface area contributed by atoms with Gasteiger partial charge in [-0.25, -0.2) is 4.98 Å². The van der Waals surface area contributed by atoms with Crippen LogP contribution in [0.4, 0.5) is 10.9 Å². The summed E-state index contributed by atoms with van der Waals surface area (Å²) in [7, 11) is 0. The third-order valence-electron chi connectivity index (χ3n) is 4.38. The minimum atomic E-state index is 0.306. The summed E-state index contributed by atoms with van der Waals surface area (Å²) in [5.74, 6) is 1.94. The van der Waals surface area contributed by atoms with Crippen molar-refractivity contribution in [3.8, 4) is 0 Å². The van der Waals surface area contributed by atoms with Crippen LogP contribution in [-0.4, -0.2) is 25.1 Å². The SMILES string of the molecule is CCc1nc(Nc2cc(C)ns2)nc(Sc2ccc(CC(=O)C3CC3)cc2)n1. The molecule has 3 aromatic rings. The maximum atomic E-state index is 12.0. The normalized spacial score (nSPS) is 13.5. The Morgan fingerprint density at radius 3 is 2.64 bits per heavy atom. The molecule has 28 heavy (non-hydrogen) atoms. The van der Waals surface area contributed by atoms with Gasteiger partial charge in [-0.05, 0) is 66.8 Å². The van der Waals surface area contributed by atoms with Crippen LogP contribution in [0, 0.1) is 12.8 Å². The molecule has 1 saturated carbocycles. The van der Waals surface area contributed by atoms with Gasteiger partial charge in [0.05, 0.1) is 5.69 Å². The highest BCUT2D eigenvalue weighted by Crippen LogP contribution is 2.31.